The largest absolute Gasteiger partial charge is 0.110 e. The second-order valence-electron chi connectivity index (χ2n) is 7.14. The Hall–Kier alpha value is 0.0649. The van der Waals surface area contributed by atoms with Gasteiger partial charge in [0.05, 0.1) is 0 Å². The van der Waals surface area contributed by atoms with Gasteiger partial charge in [-0.2, -0.15) is 0 Å². The van der Waals surface area contributed by atoms with Gasteiger partial charge in [-0.05, 0) is 5.41 Å². The van der Waals surface area contributed by atoms with Crippen molar-refractivity contribution in [1.82, 2.24) is 0 Å². The maximum Gasteiger partial charge on any atom is 0.110 e. The first kappa shape index (κ1) is 14.1. The Morgan fingerprint density at radius 3 is 1.31 bits per heavy atom. The predicted molar refractivity (Wildman–Crippen MR) is 76.9 cm³/mol. The van der Waals surface area contributed by atoms with Crippen LogP contribution in [0.15, 0.2) is 0 Å². The summed E-state index contributed by atoms with van der Waals surface area (Å²) in [6.45, 7) is 7.31. The molecule has 0 aromatic heterocycles. The molecule has 0 bridgehead atoms. The van der Waals surface area contributed by atoms with E-state index in [0.29, 0.717) is 10.7 Å². The SMILES string of the molecule is BC1(C(C)(C)C)CCCCCCCCCC1. The fourth-order valence-electron chi connectivity index (χ4n) is 2.97. The van der Waals surface area contributed by atoms with Crippen molar-refractivity contribution >= 4 is 7.85 Å². The molecule has 1 heteroatoms. The zero-order valence-corrected chi connectivity index (χ0v) is 12.1. The van der Waals surface area contributed by atoms with E-state index in [-0.39, 0.29) is 0 Å². The highest BCUT2D eigenvalue weighted by molar-refractivity contribution is 6.15. The molecule has 1 aliphatic rings. The molecule has 1 fully saturated rings. The van der Waals surface area contributed by atoms with Crippen LogP contribution in [-0.4, -0.2) is 7.85 Å². The minimum Gasteiger partial charge on any atom is -0.0603 e. The van der Waals surface area contributed by atoms with Crippen molar-refractivity contribution in [3.8, 4) is 0 Å². The molecule has 0 amide bonds. The average molecular weight is 222 g/mol. The molecule has 0 unspecified atom stereocenters. The second kappa shape index (κ2) is 6.12. The molecule has 0 aliphatic heterocycles. The van der Waals surface area contributed by atoms with Crippen molar-refractivity contribution in [3.05, 3.63) is 0 Å². The van der Waals surface area contributed by atoms with E-state index in [9.17, 15) is 0 Å². The van der Waals surface area contributed by atoms with E-state index in [0.717, 1.165) is 0 Å². The van der Waals surface area contributed by atoms with Crippen LogP contribution < -0.4 is 0 Å². The van der Waals surface area contributed by atoms with Gasteiger partial charge in [-0.25, -0.2) is 0 Å². The van der Waals surface area contributed by atoms with Gasteiger partial charge in [0.25, 0.3) is 0 Å². The normalized spacial score (nSPS) is 24.7. The van der Waals surface area contributed by atoms with Crippen LogP contribution >= 0.6 is 0 Å². The summed E-state index contributed by atoms with van der Waals surface area (Å²) in [6, 6.07) is 0. The maximum atomic E-state index is 2.53. The van der Waals surface area contributed by atoms with Crippen LogP contribution in [0.1, 0.15) is 85.0 Å². The zero-order valence-electron chi connectivity index (χ0n) is 12.1. The first-order valence-corrected chi connectivity index (χ1v) is 7.46. The third-order valence-corrected chi connectivity index (χ3v) is 5.02. The van der Waals surface area contributed by atoms with Crippen molar-refractivity contribution in [3.63, 3.8) is 0 Å². The first-order chi connectivity index (χ1) is 7.46. The molecular weight excluding hydrogens is 191 g/mol. The van der Waals surface area contributed by atoms with Gasteiger partial charge in [-0.3, -0.25) is 0 Å². The molecule has 0 saturated heterocycles. The average Bonchev–Trinajstić information content (AvgIpc) is 2.22. The van der Waals surface area contributed by atoms with E-state index in [4.69, 9.17) is 0 Å². The van der Waals surface area contributed by atoms with Crippen LogP contribution in [-0.2, 0) is 0 Å². The molecule has 0 aromatic carbocycles. The molecule has 16 heavy (non-hydrogen) atoms. The molecule has 0 spiro atoms. The molecule has 0 aromatic rings. The van der Waals surface area contributed by atoms with E-state index in [2.05, 4.69) is 28.6 Å². The van der Waals surface area contributed by atoms with Gasteiger partial charge >= 0.3 is 0 Å². The van der Waals surface area contributed by atoms with Gasteiger partial charge in [0, 0.05) is 0 Å². The maximum absolute atomic E-state index is 2.53. The second-order valence-corrected chi connectivity index (χ2v) is 7.14. The lowest BCUT2D eigenvalue weighted by molar-refractivity contribution is 0.223. The van der Waals surface area contributed by atoms with Gasteiger partial charge in [-0.1, -0.05) is 90.3 Å². The summed E-state index contributed by atoms with van der Waals surface area (Å²) in [4.78, 5) is 0. The Labute approximate surface area is 104 Å². The highest BCUT2D eigenvalue weighted by Gasteiger charge is 2.35. The summed E-state index contributed by atoms with van der Waals surface area (Å²) in [5.74, 6) is 0. The van der Waals surface area contributed by atoms with Crippen molar-refractivity contribution in [2.45, 2.75) is 90.3 Å². The Morgan fingerprint density at radius 2 is 1.00 bits per heavy atom. The summed E-state index contributed by atoms with van der Waals surface area (Å²) in [5.41, 5.74) is 0.473. The van der Waals surface area contributed by atoms with Crippen LogP contribution in [0.25, 0.3) is 0 Å². The highest BCUT2D eigenvalue weighted by Crippen LogP contribution is 2.50. The molecule has 0 nitrogen and oxygen atoms in total. The number of rotatable bonds is 0. The van der Waals surface area contributed by atoms with Crippen molar-refractivity contribution in [1.29, 1.82) is 0 Å². The molecule has 94 valence electrons. The molecule has 1 aliphatic carbocycles. The third-order valence-electron chi connectivity index (χ3n) is 5.02. The topological polar surface area (TPSA) is 0 Å². The predicted octanol–water partition coefficient (Wildman–Crippen LogP) is 4.74. The van der Waals surface area contributed by atoms with Gasteiger partial charge in [0.2, 0.25) is 0 Å². The van der Waals surface area contributed by atoms with Crippen LogP contribution in [0.2, 0.25) is 5.31 Å². The fourth-order valence-corrected chi connectivity index (χ4v) is 2.97. The van der Waals surface area contributed by atoms with E-state index >= 15 is 0 Å². The molecular formula is C15H31B. The van der Waals surface area contributed by atoms with Crippen LogP contribution in [0.3, 0.4) is 0 Å². The monoisotopic (exact) mass is 222 g/mol. The van der Waals surface area contributed by atoms with E-state index in [1.807, 2.05) is 0 Å². The fraction of sp³-hybridized carbons (Fsp3) is 1.00. The minimum absolute atomic E-state index is 0.473. The quantitative estimate of drug-likeness (QED) is 0.519. The lowest BCUT2D eigenvalue weighted by Crippen LogP contribution is -2.29. The molecule has 1 rings (SSSR count). The van der Waals surface area contributed by atoms with Gasteiger partial charge in [0.15, 0.2) is 0 Å². The smallest absolute Gasteiger partial charge is 0.0603 e. The molecule has 1 saturated carbocycles. The van der Waals surface area contributed by atoms with Crippen LogP contribution in [0, 0.1) is 5.41 Å². The highest BCUT2D eigenvalue weighted by atomic mass is 14.4. The Bertz CT molecular complexity index is 178. The first-order valence-electron chi connectivity index (χ1n) is 7.46. The Morgan fingerprint density at radius 1 is 0.688 bits per heavy atom. The Balaban J connectivity index is 2.57. The lowest BCUT2D eigenvalue weighted by Gasteiger charge is -2.43. The standard InChI is InChI=1S/C15H31B/c1-14(2,3)15(16)12-10-8-6-4-5-7-9-11-13-15/h4-13,16H2,1-3H3. The van der Waals surface area contributed by atoms with Gasteiger partial charge < -0.3 is 0 Å². The molecule has 0 heterocycles. The van der Waals surface area contributed by atoms with Gasteiger partial charge in [-0.15, -0.1) is 0 Å². The lowest BCUT2D eigenvalue weighted by atomic mass is 9.50. The van der Waals surface area contributed by atoms with Gasteiger partial charge in [0.1, 0.15) is 7.85 Å². The van der Waals surface area contributed by atoms with E-state index in [1.54, 1.807) is 0 Å². The van der Waals surface area contributed by atoms with Crippen molar-refractivity contribution in [2.75, 3.05) is 0 Å². The molecule has 0 radical (unpaired) electrons. The summed E-state index contributed by atoms with van der Waals surface area (Å²) < 4.78 is 0. The van der Waals surface area contributed by atoms with Crippen LogP contribution in [0.4, 0.5) is 0 Å². The number of hydrogen-bond acceptors (Lipinski definition) is 0. The van der Waals surface area contributed by atoms with E-state index < -0.39 is 0 Å². The Kier molecular flexibility index (Phi) is 5.40. The number of hydrogen-bond donors (Lipinski definition) is 0. The van der Waals surface area contributed by atoms with E-state index in [1.165, 1.54) is 64.2 Å². The van der Waals surface area contributed by atoms with Crippen LogP contribution in [0.5, 0.6) is 0 Å². The third kappa shape index (κ3) is 4.15. The van der Waals surface area contributed by atoms with Crippen molar-refractivity contribution < 1.29 is 0 Å². The molecule has 0 N–H and O–H groups in total. The van der Waals surface area contributed by atoms with Crippen molar-refractivity contribution in [2.24, 2.45) is 5.41 Å². The summed E-state index contributed by atoms with van der Waals surface area (Å²) >= 11 is 0. The summed E-state index contributed by atoms with van der Waals surface area (Å²) in [7, 11) is 2.53. The minimum atomic E-state index is 0.473. The summed E-state index contributed by atoms with van der Waals surface area (Å²) in [5, 5.41) is 0.567. The summed E-state index contributed by atoms with van der Waals surface area (Å²) in [6.07, 6.45) is 14.6. The molecule has 0 atom stereocenters. The zero-order chi connectivity index (χ0) is 12.1.